The van der Waals surface area contributed by atoms with Crippen molar-refractivity contribution in [2.45, 2.75) is 19.4 Å². The fourth-order valence-electron chi connectivity index (χ4n) is 4.56. The van der Waals surface area contributed by atoms with Crippen LogP contribution in [0.5, 0.6) is 5.75 Å². The van der Waals surface area contributed by atoms with Gasteiger partial charge < -0.3 is 14.4 Å². The second kappa shape index (κ2) is 9.40. The van der Waals surface area contributed by atoms with Crippen molar-refractivity contribution in [2.24, 2.45) is 10.9 Å². The molecule has 176 valence electrons. The zero-order valence-corrected chi connectivity index (χ0v) is 19.2. The van der Waals surface area contributed by atoms with Crippen LogP contribution in [0.3, 0.4) is 0 Å². The van der Waals surface area contributed by atoms with Gasteiger partial charge in [-0.05, 0) is 54.0 Å². The van der Waals surface area contributed by atoms with Gasteiger partial charge in [0.1, 0.15) is 11.6 Å². The molecule has 1 saturated heterocycles. The molecule has 0 radical (unpaired) electrons. The molecular weight excluding hydrogens is 435 g/mol. The number of rotatable bonds is 5. The predicted octanol–water partition coefficient (Wildman–Crippen LogP) is 4.11. The maximum absolute atomic E-state index is 13.5. The third-order valence-corrected chi connectivity index (χ3v) is 6.25. The van der Waals surface area contributed by atoms with Gasteiger partial charge in [-0.3, -0.25) is 9.83 Å². The van der Waals surface area contributed by atoms with E-state index in [1.165, 1.54) is 12.1 Å². The van der Waals surface area contributed by atoms with Crippen LogP contribution in [-0.4, -0.2) is 52.4 Å². The highest BCUT2D eigenvalue weighted by molar-refractivity contribution is 6.02. The van der Waals surface area contributed by atoms with Gasteiger partial charge in [-0.25, -0.2) is 14.4 Å². The number of amidine groups is 1. The van der Waals surface area contributed by atoms with Gasteiger partial charge in [0.25, 0.3) is 0 Å². The summed E-state index contributed by atoms with van der Waals surface area (Å²) in [6.45, 7) is 2.87. The van der Waals surface area contributed by atoms with Crippen LogP contribution in [0.2, 0.25) is 0 Å². The number of aryl methyl sites for hydroxylation is 1. The van der Waals surface area contributed by atoms with Crippen molar-refractivity contribution < 1.29 is 19.1 Å². The van der Waals surface area contributed by atoms with Gasteiger partial charge in [-0.2, -0.15) is 0 Å². The minimum absolute atomic E-state index is 0.0376. The molecule has 7 nitrogen and oxygen atoms in total. The quantitative estimate of drug-likeness (QED) is 0.618. The molecule has 34 heavy (non-hydrogen) atoms. The van der Waals surface area contributed by atoms with Crippen molar-refractivity contribution in [1.82, 2.24) is 14.6 Å². The number of aliphatic hydroxyl groups is 1. The number of aliphatic imine (C=N–C) groups is 1. The van der Waals surface area contributed by atoms with E-state index in [-0.39, 0.29) is 24.4 Å². The fraction of sp³-hybridized carbons (Fsp3) is 0.308. The summed E-state index contributed by atoms with van der Waals surface area (Å²) < 4.78 is 21.1. The molecule has 0 bridgehead atoms. The molecule has 0 saturated carbocycles. The van der Waals surface area contributed by atoms with E-state index in [1.807, 2.05) is 35.9 Å². The van der Waals surface area contributed by atoms with E-state index in [9.17, 15) is 9.50 Å². The van der Waals surface area contributed by atoms with Crippen LogP contribution in [0.25, 0.3) is 11.8 Å². The van der Waals surface area contributed by atoms with Gasteiger partial charge in [-0.15, -0.1) is 0 Å². The highest BCUT2D eigenvalue weighted by atomic mass is 19.1. The molecule has 0 aliphatic carbocycles. The Kier molecular flexibility index (Phi) is 6.17. The first-order valence-electron chi connectivity index (χ1n) is 11.3. The second-order valence-corrected chi connectivity index (χ2v) is 8.54. The van der Waals surface area contributed by atoms with Crippen molar-refractivity contribution in [1.29, 1.82) is 0 Å². The van der Waals surface area contributed by atoms with Gasteiger partial charge in [0.05, 0.1) is 44.1 Å². The summed E-state index contributed by atoms with van der Waals surface area (Å²) in [6.07, 6.45) is 6.53. The van der Waals surface area contributed by atoms with Gasteiger partial charge in [-0.1, -0.05) is 18.2 Å². The smallest absolute Gasteiger partial charge is 0.151 e. The Labute approximate surface area is 197 Å². The number of hydrogen-bond donors (Lipinski definition) is 1. The maximum Gasteiger partial charge on any atom is 0.151 e. The van der Waals surface area contributed by atoms with E-state index >= 15 is 0 Å². The van der Waals surface area contributed by atoms with Crippen molar-refractivity contribution in [2.75, 3.05) is 26.9 Å². The lowest BCUT2D eigenvalue weighted by molar-refractivity contribution is -0.156. The molecule has 2 aliphatic rings. The number of nitrogens with zero attached hydrogens (tertiary/aromatic N) is 4. The summed E-state index contributed by atoms with van der Waals surface area (Å²) in [4.78, 5) is 15.1. The number of hydrogen-bond acceptors (Lipinski definition) is 6. The number of halogens is 1. The van der Waals surface area contributed by atoms with Crippen LogP contribution in [0.4, 0.5) is 4.39 Å². The van der Waals surface area contributed by atoms with Crippen LogP contribution in [0.15, 0.2) is 65.6 Å². The average Bonchev–Trinajstić information content (AvgIpc) is 3.30. The maximum atomic E-state index is 13.5. The van der Waals surface area contributed by atoms with E-state index in [0.29, 0.717) is 19.6 Å². The van der Waals surface area contributed by atoms with E-state index in [2.05, 4.69) is 11.1 Å². The molecule has 2 aromatic carbocycles. The molecule has 1 fully saturated rings. The summed E-state index contributed by atoms with van der Waals surface area (Å²) in [5.74, 6) is 1.05. The third-order valence-electron chi connectivity index (χ3n) is 6.25. The fourth-order valence-corrected chi connectivity index (χ4v) is 4.56. The number of aromatic nitrogens is 2. The molecule has 3 aromatic rings. The van der Waals surface area contributed by atoms with Crippen molar-refractivity contribution >= 4 is 11.9 Å². The zero-order chi connectivity index (χ0) is 23.7. The Hall–Kier alpha value is -3.49. The summed E-state index contributed by atoms with van der Waals surface area (Å²) >= 11 is 0. The molecule has 5 rings (SSSR count). The summed E-state index contributed by atoms with van der Waals surface area (Å²) in [6, 6.07) is 12.2. The number of methoxy groups -OCH3 is 1. The average molecular weight is 463 g/mol. The third kappa shape index (κ3) is 4.22. The molecule has 2 unspecified atom stereocenters. The van der Waals surface area contributed by atoms with Crippen LogP contribution in [-0.2, 0) is 4.84 Å². The van der Waals surface area contributed by atoms with Crippen molar-refractivity contribution in [3.63, 3.8) is 0 Å². The van der Waals surface area contributed by atoms with Gasteiger partial charge in [0, 0.05) is 25.1 Å². The molecule has 2 aliphatic heterocycles. The normalized spacial score (nSPS) is 21.4. The number of fused-ring (bicyclic) bond motifs is 1. The monoisotopic (exact) mass is 462 g/mol. The number of hydroxylamine groups is 2. The van der Waals surface area contributed by atoms with E-state index in [0.717, 1.165) is 39.7 Å². The van der Waals surface area contributed by atoms with Crippen molar-refractivity contribution in [3.8, 4) is 11.4 Å². The van der Waals surface area contributed by atoms with Crippen LogP contribution < -0.4 is 4.74 Å². The lowest BCUT2D eigenvalue weighted by atomic mass is 9.90. The predicted molar refractivity (Wildman–Crippen MR) is 127 cm³/mol. The number of imidazole rings is 1. The topological polar surface area (TPSA) is 72.1 Å². The molecule has 1 N–H and O–H groups in total. The lowest BCUT2D eigenvalue weighted by Crippen LogP contribution is -2.47. The minimum Gasteiger partial charge on any atom is -0.495 e. The van der Waals surface area contributed by atoms with Crippen molar-refractivity contribution in [3.05, 3.63) is 83.2 Å². The molecule has 2 atom stereocenters. The largest absolute Gasteiger partial charge is 0.495 e. The molecular formula is C26H27FN4O3. The Morgan fingerprint density at radius 1 is 1.24 bits per heavy atom. The Bertz CT molecular complexity index is 1240. The lowest BCUT2D eigenvalue weighted by Gasteiger charge is -2.43. The molecule has 0 amide bonds. The summed E-state index contributed by atoms with van der Waals surface area (Å²) in [7, 11) is 1.66. The first-order valence-corrected chi connectivity index (χ1v) is 11.3. The standard InChI is InChI=1S/C26H27FN4O3/c1-17-14-30(16-29-17)23-8-3-18(12-24(23)33-2)11-20-9-10-34-31-25(19-4-6-22(27)7-5-19)21(15-32)13-28-26(20)31/h3-8,11-12,14,16,21,25,32H,9-10,13,15H2,1-2H3/b20-11+. The number of aliphatic hydroxyl groups excluding tert-OH is 1. The number of ether oxygens (including phenoxy) is 1. The van der Waals surface area contributed by atoms with Crippen LogP contribution in [0.1, 0.15) is 29.3 Å². The highest BCUT2D eigenvalue weighted by Crippen LogP contribution is 2.37. The Balaban J connectivity index is 1.48. The summed E-state index contributed by atoms with van der Waals surface area (Å²) in [5.41, 5.74) is 4.76. The Morgan fingerprint density at radius 3 is 2.76 bits per heavy atom. The van der Waals surface area contributed by atoms with E-state index < -0.39 is 0 Å². The minimum atomic E-state index is -0.294. The SMILES string of the molecule is COc1cc(/C=C2\CCON3C2=NCC(CO)C3c2ccc(F)cc2)ccc1-n1cnc(C)c1. The Morgan fingerprint density at radius 2 is 2.06 bits per heavy atom. The first kappa shape index (κ1) is 22.3. The number of benzene rings is 2. The van der Waals surface area contributed by atoms with E-state index in [4.69, 9.17) is 14.6 Å². The summed E-state index contributed by atoms with van der Waals surface area (Å²) in [5, 5.41) is 11.8. The van der Waals surface area contributed by atoms with Gasteiger partial charge in [0.15, 0.2) is 5.84 Å². The van der Waals surface area contributed by atoms with Crippen LogP contribution >= 0.6 is 0 Å². The first-order chi connectivity index (χ1) is 16.6. The van der Waals surface area contributed by atoms with Crippen LogP contribution in [0, 0.1) is 18.7 Å². The second-order valence-electron chi connectivity index (χ2n) is 8.54. The molecule has 8 heteroatoms. The van der Waals surface area contributed by atoms with Gasteiger partial charge in [0.2, 0.25) is 0 Å². The van der Waals surface area contributed by atoms with E-state index in [1.54, 1.807) is 30.6 Å². The highest BCUT2D eigenvalue weighted by Gasteiger charge is 2.38. The molecule has 3 heterocycles. The van der Waals surface area contributed by atoms with Gasteiger partial charge >= 0.3 is 0 Å². The molecule has 0 spiro atoms. The zero-order valence-electron chi connectivity index (χ0n) is 19.2. The molecule has 1 aromatic heterocycles.